The van der Waals surface area contributed by atoms with Gasteiger partial charge in [-0.2, -0.15) is 0 Å². The molecule has 5 heteroatoms. The van der Waals surface area contributed by atoms with E-state index in [-0.39, 0.29) is 5.82 Å². The van der Waals surface area contributed by atoms with Gasteiger partial charge in [0.25, 0.3) is 0 Å². The fourth-order valence-corrected chi connectivity index (χ4v) is 2.44. The zero-order chi connectivity index (χ0) is 13.7. The monoisotopic (exact) mass is 267 g/mol. The van der Waals surface area contributed by atoms with Crippen molar-refractivity contribution in [2.75, 3.05) is 51.3 Å². The lowest BCUT2D eigenvalue weighted by Gasteiger charge is -2.36. The number of piperazine rings is 1. The molecule has 4 nitrogen and oxygen atoms in total. The van der Waals surface area contributed by atoms with Crippen LogP contribution >= 0.6 is 0 Å². The first-order valence-electron chi connectivity index (χ1n) is 6.75. The first kappa shape index (κ1) is 14.1. The number of methoxy groups -OCH3 is 1. The largest absolute Gasteiger partial charge is 0.494 e. The Labute approximate surface area is 113 Å². The lowest BCUT2D eigenvalue weighted by molar-refractivity contribution is 0.255. The van der Waals surface area contributed by atoms with Gasteiger partial charge in [-0.25, -0.2) is 4.39 Å². The van der Waals surface area contributed by atoms with Crippen molar-refractivity contribution < 1.29 is 9.13 Å². The molecule has 2 N–H and O–H groups in total. The van der Waals surface area contributed by atoms with E-state index in [1.807, 2.05) is 0 Å². The predicted molar refractivity (Wildman–Crippen MR) is 75.3 cm³/mol. The van der Waals surface area contributed by atoms with Crippen molar-refractivity contribution in [3.05, 3.63) is 24.0 Å². The van der Waals surface area contributed by atoms with Gasteiger partial charge in [0.15, 0.2) is 0 Å². The molecular weight excluding hydrogens is 245 g/mol. The number of nitrogens with zero attached hydrogens (tertiary/aromatic N) is 2. The standard InChI is InChI=1S/C14H22FN3O/c1-19-14-11-12(15)3-4-13(14)18-9-7-17(8-10-18)6-2-5-16/h3-4,11H,2,5-10,16H2,1H3. The van der Waals surface area contributed by atoms with Crippen LogP contribution in [0.4, 0.5) is 10.1 Å². The van der Waals surface area contributed by atoms with E-state index in [1.54, 1.807) is 13.2 Å². The number of hydrogen-bond donors (Lipinski definition) is 1. The van der Waals surface area contributed by atoms with Crippen molar-refractivity contribution in [1.29, 1.82) is 0 Å². The molecule has 0 unspecified atom stereocenters. The van der Waals surface area contributed by atoms with Crippen molar-refractivity contribution >= 4 is 5.69 Å². The number of anilines is 1. The van der Waals surface area contributed by atoms with Crippen molar-refractivity contribution in [3.8, 4) is 5.75 Å². The van der Waals surface area contributed by atoms with Crippen LogP contribution in [-0.2, 0) is 0 Å². The van der Waals surface area contributed by atoms with Crippen LogP contribution in [0, 0.1) is 5.82 Å². The quantitative estimate of drug-likeness (QED) is 0.873. The van der Waals surface area contributed by atoms with E-state index in [2.05, 4.69) is 9.80 Å². The molecule has 0 bridgehead atoms. The van der Waals surface area contributed by atoms with Crippen LogP contribution in [0.1, 0.15) is 6.42 Å². The van der Waals surface area contributed by atoms with E-state index in [0.717, 1.165) is 51.4 Å². The first-order valence-corrected chi connectivity index (χ1v) is 6.75. The van der Waals surface area contributed by atoms with Crippen molar-refractivity contribution in [3.63, 3.8) is 0 Å². The second-order valence-electron chi connectivity index (χ2n) is 4.79. The summed E-state index contributed by atoms with van der Waals surface area (Å²) < 4.78 is 18.4. The zero-order valence-electron chi connectivity index (χ0n) is 11.4. The molecule has 1 aromatic carbocycles. The van der Waals surface area contributed by atoms with E-state index in [1.165, 1.54) is 12.1 Å². The molecule has 0 aliphatic carbocycles. The Morgan fingerprint density at radius 2 is 2.00 bits per heavy atom. The molecular formula is C14H22FN3O. The first-order chi connectivity index (χ1) is 9.24. The van der Waals surface area contributed by atoms with Crippen LogP contribution in [0.2, 0.25) is 0 Å². The second kappa shape index (κ2) is 6.73. The number of hydrogen-bond acceptors (Lipinski definition) is 4. The fraction of sp³-hybridized carbons (Fsp3) is 0.571. The van der Waals surface area contributed by atoms with Crippen LogP contribution in [0.15, 0.2) is 18.2 Å². The summed E-state index contributed by atoms with van der Waals surface area (Å²) in [5, 5.41) is 0. The van der Waals surface area contributed by atoms with Gasteiger partial charge in [0, 0.05) is 32.2 Å². The molecule has 1 saturated heterocycles. The van der Waals surface area contributed by atoms with Crippen molar-refractivity contribution in [2.45, 2.75) is 6.42 Å². The van der Waals surface area contributed by atoms with Crippen molar-refractivity contribution in [2.24, 2.45) is 5.73 Å². The van der Waals surface area contributed by atoms with E-state index in [9.17, 15) is 4.39 Å². The highest BCUT2D eigenvalue weighted by atomic mass is 19.1. The third kappa shape index (κ3) is 3.58. The van der Waals surface area contributed by atoms with Gasteiger partial charge in [-0.3, -0.25) is 4.90 Å². The second-order valence-corrected chi connectivity index (χ2v) is 4.79. The van der Waals surface area contributed by atoms with Crippen LogP contribution in [0.25, 0.3) is 0 Å². The van der Waals surface area contributed by atoms with E-state index < -0.39 is 0 Å². The molecule has 0 aromatic heterocycles. The molecule has 2 rings (SSSR count). The Morgan fingerprint density at radius 3 is 2.63 bits per heavy atom. The van der Waals surface area contributed by atoms with Gasteiger partial charge in [0.05, 0.1) is 12.8 Å². The summed E-state index contributed by atoms with van der Waals surface area (Å²) in [4.78, 5) is 4.66. The summed E-state index contributed by atoms with van der Waals surface area (Å²) in [5.74, 6) is 0.345. The highest BCUT2D eigenvalue weighted by molar-refractivity contribution is 5.58. The lowest BCUT2D eigenvalue weighted by atomic mass is 10.2. The molecule has 0 amide bonds. The minimum absolute atomic E-state index is 0.262. The van der Waals surface area contributed by atoms with Gasteiger partial charge in [-0.1, -0.05) is 0 Å². The average molecular weight is 267 g/mol. The summed E-state index contributed by atoms with van der Waals surface area (Å²) in [5.41, 5.74) is 6.50. The Morgan fingerprint density at radius 1 is 1.26 bits per heavy atom. The smallest absolute Gasteiger partial charge is 0.145 e. The molecule has 0 atom stereocenters. The zero-order valence-corrected chi connectivity index (χ0v) is 11.4. The summed E-state index contributed by atoms with van der Waals surface area (Å²) in [6.45, 7) is 5.71. The molecule has 1 aromatic rings. The molecule has 1 aliphatic rings. The molecule has 1 heterocycles. The average Bonchev–Trinajstić information content (AvgIpc) is 2.45. The topological polar surface area (TPSA) is 41.7 Å². The van der Waals surface area contributed by atoms with Crippen LogP contribution in [0.3, 0.4) is 0 Å². The number of nitrogens with two attached hydrogens (primary N) is 1. The minimum Gasteiger partial charge on any atom is -0.494 e. The Kier molecular flexibility index (Phi) is 4.99. The summed E-state index contributed by atoms with van der Waals surface area (Å²) >= 11 is 0. The number of rotatable bonds is 5. The molecule has 106 valence electrons. The van der Waals surface area contributed by atoms with Crippen LogP contribution in [-0.4, -0.2) is 51.3 Å². The molecule has 0 saturated carbocycles. The summed E-state index contributed by atoms with van der Waals surface area (Å²) in [7, 11) is 1.58. The Balaban J connectivity index is 1.97. The predicted octanol–water partition coefficient (Wildman–Crippen LogP) is 1.31. The number of benzene rings is 1. The Hall–Kier alpha value is -1.33. The van der Waals surface area contributed by atoms with Gasteiger partial charge >= 0.3 is 0 Å². The maximum atomic E-state index is 13.2. The fourth-order valence-electron chi connectivity index (χ4n) is 2.44. The third-order valence-corrected chi connectivity index (χ3v) is 3.53. The van der Waals surface area contributed by atoms with E-state index in [4.69, 9.17) is 10.5 Å². The summed E-state index contributed by atoms with van der Waals surface area (Å²) in [6.07, 6.45) is 1.04. The maximum absolute atomic E-state index is 13.2. The highest BCUT2D eigenvalue weighted by Gasteiger charge is 2.19. The van der Waals surface area contributed by atoms with Crippen molar-refractivity contribution in [1.82, 2.24) is 4.90 Å². The molecule has 0 radical (unpaired) electrons. The van der Waals surface area contributed by atoms with Gasteiger partial charge < -0.3 is 15.4 Å². The van der Waals surface area contributed by atoms with E-state index >= 15 is 0 Å². The normalized spacial score (nSPS) is 16.7. The molecule has 1 aliphatic heterocycles. The summed E-state index contributed by atoms with van der Waals surface area (Å²) in [6, 6.07) is 4.72. The third-order valence-electron chi connectivity index (χ3n) is 3.53. The number of ether oxygens (including phenoxy) is 1. The molecule has 1 fully saturated rings. The minimum atomic E-state index is -0.262. The van der Waals surface area contributed by atoms with Gasteiger partial charge in [-0.05, 0) is 31.6 Å². The lowest BCUT2D eigenvalue weighted by Crippen LogP contribution is -2.47. The SMILES string of the molecule is COc1cc(F)ccc1N1CCN(CCCN)CC1. The highest BCUT2D eigenvalue weighted by Crippen LogP contribution is 2.29. The van der Waals surface area contributed by atoms with Gasteiger partial charge in [-0.15, -0.1) is 0 Å². The van der Waals surface area contributed by atoms with Crippen LogP contribution < -0.4 is 15.4 Å². The van der Waals surface area contributed by atoms with Gasteiger partial charge in [0.2, 0.25) is 0 Å². The number of halogens is 1. The van der Waals surface area contributed by atoms with E-state index in [0.29, 0.717) is 5.75 Å². The maximum Gasteiger partial charge on any atom is 0.145 e. The van der Waals surface area contributed by atoms with Gasteiger partial charge in [0.1, 0.15) is 11.6 Å². The molecule has 19 heavy (non-hydrogen) atoms. The molecule has 0 spiro atoms. The van der Waals surface area contributed by atoms with Crippen LogP contribution in [0.5, 0.6) is 5.75 Å². The Bertz CT molecular complexity index is 406.